The molecule has 0 aliphatic rings. The Morgan fingerprint density at radius 3 is 1.39 bits per heavy atom. The maximum Gasteiger partial charge on any atom is 0.0632 e. The van der Waals surface area contributed by atoms with Crippen molar-refractivity contribution in [3.63, 3.8) is 0 Å². The standard InChI is InChI=1S/C44H45N3P2/c1-35(2)48(36(3)4,46-38-24-12-6-13-25-38)34-43(37-22-10-5-11-23-37)45-42-32-20-21-33-44(42)49(40-28-16-8-17-29-40,41-30-18-9-19-31-41)47-39-26-14-7-15-27-39/h5-36,45H,1-4H3/b43-34-. The van der Waals surface area contributed by atoms with Gasteiger partial charge in [-0.3, -0.25) is 9.49 Å². The highest BCUT2D eigenvalue weighted by molar-refractivity contribution is 7.87. The lowest BCUT2D eigenvalue weighted by Gasteiger charge is -2.32. The molecule has 0 radical (unpaired) electrons. The minimum Gasteiger partial charge on any atom is -0.354 e. The van der Waals surface area contributed by atoms with Crippen LogP contribution in [-0.4, -0.2) is 11.3 Å². The number of rotatable bonds is 11. The molecule has 0 heterocycles. The van der Waals surface area contributed by atoms with Crippen molar-refractivity contribution in [1.82, 2.24) is 0 Å². The Morgan fingerprint density at radius 2 is 0.898 bits per heavy atom. The highest BCUT2D eigenvalue weighted by Crippen LogP contribution is 2.63. The molecule has 0 saturated carbocycles. The Balaban J connectivity index is 1.66. The monoisotopic (exact) mass is 677 g/mol. The van der Waals surface area contributed by atoms with Gasteiger partial charge in [-0.1, -0.05) is 173 Å². The van der Waals surface area contributed by atoms with Crippen molar-refractivity contribution < 1.29 is 0 Å². The van der Waals surface area contributed by atoms with E-state index in [1.165, 1.54) is 15.9 Å². The van der Waals surface area contributed by atoms with Gasteiger partial charge in [-0.25, -0.2) is 0 Å². The van der Waals surface area contributed by atoms with Gasteiger partial charge in [0.25, 0.3) is 0 Å². The lowest BCUT2D eigenvalue weighted by atomic mass is 10.1. The molecule has 246 valence electrons. The summed E-state index contributed by atoms with van der Waals surface area (Å²) < 4.78 is 11.4. The summed E-state index contributed by atoms with van der Waals surface area (Å²) in [6.07, 6.45) is 0. The molecular weight excluding hydrogens is 632 g/mol. The Bertz CT molecular complexity index is 2030. The molecule has 0 saturated heterocycles. The molecule has 3 nitrogen and oxygen atoms in total. The average Bonchev–Trinajstić information content (AvgIpc) is 3.15. The van der Waals surface area contributed by atoms with Crippen molar-refractivity contribution in [3.05, 3.63) is 187 Å². The molecule has 0 fully saturated rings. The Labute approximate surface area is 292 Å². The normalized spacial score (nSPS) is 12.2. The molecule has 0 aliphatic heterocycles. The lowest BCUT2D eigenvalue weighted by molar-refractivity contribution is 1.00. The second-order valence-corrected chi connectivity index (χ2v) is 19.8. The number of para-hydroxylation sites is 1. The van der Waals surface area contributed by atoms with Crippen LogP contribution in [0.25, 0.3) is 5.70 Å². The van der Waals surface area contributed by atoms with E-state index in [9.17, 15) is 0 Å². The van der Waals surface area contributed by atoms with Crippen molar-refractivity contribution in [3.8, 4) is 0 Å². The van der Waals surface area contributed by atoms with E-state index in [-0.39, 0.29) is 0 Å². The van der Waals surface area contributed by atoms with Crippen LogP contribution in [0.5, 0.6) is 0 Å². The fourth-order valence-electron chi connectivity index (χ4n) is 6.41. The Kier molecular flexibility index (Phi) is 10.9. The van der Waals surface area contributed by atoms with Crippen LogP contribution in [0.15, 0.2) is 191 Å². The molecule has 5 heteroatoms. The zero-order valence-electron chi connectivity index (χ0n) is 28.8. The van der Waals surface area contributed by atoms with E-state index in [1.54, 1.807) is 0 Å². The lowest BCUT2D eigenvalue weighted by Crippen LogP contribution is -2.27. The minimum atomic E-state index is -2.58. The van der Waals surface area contributed by atoms with Crippen LogP contribution in [0.1, 0.15) is 33.3 Å². The van der Waals surface area contributed by atoms with Gasteiger partial charge in [0.05, 0.1) is 18.4 Å². The molecular formula is C44H45N3P2. The molecule has 0 aromatic heterocycles. The van der Waals surface area contributed by atoms with Crippen LogP contribution in [0.2, 0.25) is 0 Å². The van der Waals surface area contributed by atoms with Gasteiger partial charge in [0.1, 0.15) is 0 Å². The summed E-state index contributed by atoms with van der Waals surface area (Å²) in [6, 6.07) is 62.0. The second kappa shape index (κ2) is 15.7. The molecule has 6 rings (SSSR count). The first-order chi connectivity index (χ1) is 23.9. The third kappa shape index (κ3) is 7.50. The SMILES string of the molecule is CC(C)P(/C=C(\Nc1ccccc1P(=Nc1ccccc1)(c1ccccc1)c1ccccc1)c1ccccc1)(=Nc1ccccc1)C(C)C. The number of nitrogens with zero attached hydrogens (tertiary/aromatic N) is 2. The number of hydrogen-bond acceptors (Lipinski definition) is 3. The Hall–Kier alpha value is -4.68. The van der Waals surface area contributed by atoms with Gasteiger partial charge in [0.15, 0.2) is 0 Å². The summed E-state index contributed by atoms with van der Waals surface area (Å²) in [6.45, 7) is 9.31. The first kappa shape index (κ1) is 34.2. The van der Waals surface area contributed by atoms with Gasteiger partial charge in [0, 0.05) is 34.4 Å². The van der Waals surface area contributed by atoms with Crippen LogP contribution in [-0.2, 0) is 0 Å². The van der Waals surface area contributed by atoms with Crippen molar-refractivity contribution in [2.75, 3.05) is 5.32 Å². The van der Waals surface area contributed by atoms with Gasteiger partial charge < -0.3 is 5.32 Å². The second-order valence-electron chi connectivity index (χ2n) is 12.7. The average molecular weight is 678 g/mol. The van der Waals surface area contributed by atoms with Gasteiger partial charge >= 0.3 is 0 Å². The first-order valence-electron chi connectivity index (χ1n) is 17.0. The Morgan fingerprint density at radius 1 is 0.490 bits per heavy atom. The summed E-state index contributed by atoms with van der Waals surface area (Å²) in [4.78, 5) is 0. The molecule has 49 heavy (non-hydrogen) atoms. The van der Waals surface area contributed by atoms with Crippen molar-refractivity contribution >= 4 is 52.8 Å². The molecule has 6 aromatic rings. The number of hydrogen-bond donors (Lipinski definition) is 1. The summed E-state index contributed by atoms with van der Waals surface area (Å²) in [5, 5.41) is 7.63. The predicted molar refractivity (Wildman–Crippen MR) is 217 cm³/mol. The zero-order valence-corrected chi connectivity index (χ0v) is 30.6. The molecule has 0 spiro atoms. The maximum atomic E-state index is 5.77. The summed E-state index contributed by atoms with van der Waals surface area (Å²) in [5.41, 5.74) is 5.93. The maximum absolute atomic E-state index is 5.77. The largest absolute Gasteiger partial charge is 0.354 e. The third-order valence-electron chi connectivity index (χ3n) is 8.92. The predicted octanol–water partition coefficient (Wildman–Crippen LogP) is 12.3. The van der Waals surface area contributed by atoms with Crippen LogP contribution in [0, 0.1) is 0 Å². The van der Waals surface area contributed by atoms with Gasteiger partial charge in [0.2, 0.25) is 0 Å². The van der Waals surface area contributed by atoms with E-state index in [0.717, 1.165) is 28.3 Å². The molecule has 0 unspecified atom stereocenters. The van der Waals surface area contributed by atoms with Crippen LogP contribution in [0.3, 0.4) is 0 Å². The molecule has 1 N–H and O–H groups in total. The van der Waals surface area contributed by atoms with E-state index in [1.807, 2.05) is 0 Å². The topological polar surface area (TPSA) is 36.8 Å². The van der Waals surface area contributed by atoms with E-state index in [4.69, 9.17) is 9.49 Å². The highest BCUT2D eigenvalue weighted by Gasteiger charge is 2.31. The zero-order chi connectivity index (χ0) is 34.1. The molecule has 0 bridgehead atoms. The smallest absolute Gasteiger partial charge is 0.0632 e. The highest BCUT2D eigenvalue weighted by atomic mass is 31.2. The minimum absolute atomic E-state index is 0.344. The molecule has 0 aliphatic carbocycles. The van der Waals surface area contributed by atoms with Crippen molar-refractivity contribution in [2.24, 2.45) is 9.49 Å². The fraction of sp³-hybridized carbons (Fsp3) is 0.136. The van der Waals surface area contributed by atoms with Crippen molar-refractivity contribution in [2.45, 2.75) is 39.0 Å². The number of benzene rings is 6. The summed E-state index contributed by atoms with van der Waals surface area (Å²) in [7, 11) is -4.64. The quantitative estimate of drug-likeness (QED) is 0.136. The molecule has 6 aromatic carbocycles. The van der Waals surface area contributed by atoms with Crippen LogP contribution >= 0.6 is 14.1 Å². The van der Waals surface area contributed by atoms with Crippen LogP contribution < -0.4 is 21.2 Å². The van der Waals surface area contributed by atoms with Crippen LogP contribution in [0.4, 0.5) is 17.1 Å². The van der Waals surface area contributed by atoms with E-state index in [2.05, 4.69) is 215 Å². The van der Waals surface area contributed by atoms with Gasteiger partial charge in [-0.2, -0.15) is 0 Å². The van der Waals surface area contributed by atoms with E-state index >= 15 is 0 Å². The summed E-state index contributed by atoms with van der Waals surface area (Å²) in [5.74, 6) is 2.49. The van der Waals surface area contributed by atoms with E-state index in [0.29, 0.717) is 11.3 Å². The number of anilines is 1. The third-order valence-corrected chi connectivity index (χ3v) is 17.2. The molecule has 0 atom stereocenters. The summed E-state index contributed by atoms with van der Waals surface area (Å²) >= 11 is 0. The molecule has 0 amide bonds. The first-order valence-corrected chi connectivity index (χ1v) is 20.7. The van der Waals surface area contributed by atoms with Gasteiger partial charge in [-0.05, 0) is 53.0 Å². The van der Waals surface area contributed by atoms with Crippen molar-refractivity contribution in [1.29, 1.82) is 0 Å². The van der Waals surface area contributed by atoms with E-state index < -0.39 is 14.1 Å². The van der Waals surface area contributed by atoms with Gasteiger partial charge in [-0.15, -0.1) is 0 Å². The number of nitrogens with one attached hydrogen (secondary N) is 1. The fourth-order valence-corrected chi connectivity index (χ4v) is 13.5.